The average Bonchev–Trinajstić information content (AvgIpc) is 2.57. The van der Waals surface area contributed by atoms with Crippen molar-refractivity contribution in [3.05, 3.63) is 53.1 Å². The summed E-state index contributed by atoms with van der Waals surface area (Å²) < 4.78 is 29.2. The maximum Gasteiger partial charge on any atom is 0.272 e. The molecule has 0 saturated carbocycles. The van der Waals surface area contributed by atoms with Crippen molar-refractivity contribution >= 4 is 21.3 Å². The second kappa shape index (κ2) is 11.8. The van der Waals surface area contributed by atoms with Crippen LogP contribution < -0.4 is 20.0 Å². The Bertz CT molecular complexity index is 815. The molecule has 0 aromatic heterocycles. The minimum Gasteiger partial charge on any atom is -0.790 e. The SMILES string of the molecule is C/C(=C\COP(=O)([O-])OP(=O)([O-])[O-])CC/C=C(\C)CNc1ccccc1C(C)C. The van der Waals surface area contributed by atoms with Crippen molar-refractivity contribution in [2.45, 2.75) is 46.5 Å². The maximum absolute atomic E-state index is 11.2. The van der Waals surface area contributed by atoms with E-state index >= 15 is 0 Å². The van der Waals surface area contributed by atoms with Crippen LogP contribution in [0.15, 0.2) is 47.6 Å². The second-order valence-electron chi connectivity index (χ2n) is 7.01. The molecule has 1 atom stereocenters. The minimum absolute atomic E-state index is 0.400. The number of anilines is 1. The summed E-state index contributed by atoms with van der Waals surface area (Å²) in [6.45, 7) is 8.45. The molecule has 0 fully saturated rings. The first kappa shape index (κ1) is 25.8. The van der Waals surface area contributed by atoms with Crippen LogP contribution in [0.5, 0.6) is 0 Å². The third-order valence-corrected chi connectivity index (χ3v) is 6.10. The van der Waals surface area contributed by atoms with Gasteiger partial charge in [-0.3, -0.25) is 8.88 Å². The van der Waals surface area contributed by atoms with Gasteiger partial charge in [0.2, 0.25) is 0 Å². The maximum atomic E-state index is 11.2. The lowest BCUT2D eigenvalue weighted by atomic mass is 10.0. The molecular weight excluding hydrogens is 416 g/mol. The Morgan fingerprint density at radius 1 is 1.10 bits per heavy atom. The van der Waals surface area contributed by atoms with Gasteiger partial charge in [-0.25, -0.2) is 0 Å². The zero-order valence-electron chi connectivity index (χ0n) is 17.1. The van der Waals surface area contributed by atoms with E-state index in [0.717, 1.165) is 24.2 Å². The topological polar surface area (TPSA) is 134 Å². The predicted octanol–water partition coefficient (Wildman–Crippen LogP) is 3.23. The van der Waals surface area contributed by atoms with E-state index in [1.807, 2.05) is 19.1 Å². The van der Waals surface area contributed by atoms with Gasteiger partial charge >= 0.3 is 0 Å². The van der Waals surface area contributed by atoms with Crippen LogP contribution in [0.25, 0.3) is 0 Å². The highest BCUT2D eigenvalue weighted by Gasteiger charge is 2.10. The molecule has 0 bridgehead atoms. The molecule has 0 heterocycles. The van der Waals surface area contributed by atoms with Gasteiger partial charge in [0.05, 0.1) is 14.4 Å². The van der Waals surface area contributed by atoms with Crippen molar-refractivity contribution in [3.63, 3.8) is 0 Å². The number of para-hydroxylation sites is 1. The van der Waals surface area contributed by atoms with E-state index < -0.39 is 22.3 Å². The Hall–Kier alpha value is -1.24. The van der Waals surface area contributed by atoms with Crippen LogP contribution in [0, 0.1) is 0 Å². The van der Waals surface area contributed by atoms with E-state index in [9.17, 15) is 23.8 Å². The zero-order chi connectivity index (χ0) is 22.1. The summed E-state index contributed by atoms with van der Waals surface area (Å²) in [5.74, 6) is 0.432. The first-order chi connectivity index (χ1) is 13.4. The molecule has 0 saturated heterocycles. The molecule has 0 radical (unpaired) electrons. The second-order valence-corrected chi connectivity index (χ2v) is 9.71. The standard InChI is InChI=1S/C19H31NO7P2/c1-15(2)18-10-5-6-11-19(18)20-14-17(4)9-7-8-16(3)12-13-26-29(24,25)27-28(21,22)23/h5-6,9-12,15,20H,7-8,13-14H2,1-4H3,(H,24,25)(H2,21,22,23)/p-3/b16-12+,17-9+. The molecule has 164 valence electrons. The van der Waals surface area contributed by atoms with Gasteiger partial charge in [-0.2, -0.15) is 0 Å². The molecule has 8 nitrogen and oxygen atoms in total. The van der Waals surface area contributed by atoms with Gasteiger partial charge in [0, 0.05) is 12.2 Å². The molecule has 0 aliphatic rings. The molecule has 29 heavy (non-hydrogen) atoms. The Morgan fingerprint density at radius 3 is 2.38 bits per heavy atom. The molecule has 0 aliphatic carbocycles. The third-order valence-electron chi connectivity index (χ3n) is 4.04. The smallest absolute Gasteiger partial charge is 0.272 e. The van der Waals surface area contributed by atoms with E-state index in [2.05, 4.69) is 46.2 Å². The zero-order valence-corrected chi connectivity index (χ0v) is 18.9. The minimum atomic E-state index is -5.65. The largest absolute Gasteiger partial charge is 0.790 e. The summed E-state index contributed by atoms with van der Waals surface area (Å²) in [6.07, 6.45) is 5.02. The summed E-state index contributed by atoms with van der Waals surface area (Å²) in [4.78, 5) is 31.8. The Balaban J connectivity index is 2.43. The fourth-order valence-electron chi connectivity index (χ4n) is 2.53. The predicted molar refractivity (Wildman–Crippen MR) is 108 cm³/mol. The summed E-state index contributed by atoms with van der Waals surface area (Å²) in [5.41, 5.74) is 4.42. The van der Waals surface area contributed by atoms with Crippen LogP contribution in [-0.4, -0.2) is 13.2 Å². The Labute approximate surface area is 172 Å². The summed E-state index contributed by atoms with van der Waals surface area (Å²) in [6, 6.07) is 8.20. The molecule has 1 unspecified atom stereocenters. The first-order valence-electron chi connectivity index (χ1n) is 9.22. The van der Waals surface area contributed by atoms with Gasteiger partial charge in [-0.15, -0.1) is 0 Å². The molecule has 0 amide bonds. The molecule has 1 N–H and O–H groups in total. The molecule has 1 aromatic rings. The molecule has 10 heteroatoms. The fraction of sp³-hybridized carbons (Fsp3) is 0.474. The van der Waals surface area contributed by atoms with Crippen LogP contribution >= 0.6 is 15.6 Å². The number of nitrogens with one attached hydrogen (secondary N) is 1. The first-order valence-corrected chi connectivity index (χ1v) is 12.1. The van der Waals surface area contributed by atoms with E-state index in [0.29, 0.717) is 12.3 Å². The quantitative estimate of drug-likeness (QED) is 0.384. The lowest BCUT2D eigenvalue weighted by Gasteiger charge is -2.34. The van der Waals surface area contributed by atoms with E-state index in [1.54, 1.807) is 6.92 Å². The van der Waals surface area contributed by atoms with E-state index in [-0.39, 0.29) is 0 Å². The molecule has 1 rings (SSSR count). The van der Waals surface area contributed by atoms with Crippen molar-refractivity contribution in [2.24, 2.45) is 0 Å². The van der Waals surface area contributed by atoms with E-state index in [4.69, 9.17) is 0 Å². The third kappa shape index (κ3) is 11.5. The number of phosphoric ester groups is 1. The van der Waals surface area contributed by atoms with Crippen molar-refractivity contribution in [1.29, 1.82) is 0 Å². The van der Waals surface area contributed by atoms with Crippen LogP contribution in [0.1, 0.15) is 52.0 Å². The number of phosphoric acid groups is 2. The molecule has 0 aliphatic heterocycles. The molecule has 0 spiro atoms. The van der Waals surface area contributed by atoms with Crippen molar-refractivity contribution in [3.8, 4) is 0 Å². The van der Waals surface area contributed by atoms with Crippen LogP contribution in [0.3, 0.4) is 0 Å². The number of hydrogen-bond acceptors (Lipinski definition) is 8. The summed E-state index contributed by atoms with van der Waals surface area (Å²) >= 11 is 0. The average molecular weight is 444 g/mol. The Kier molecular flexibility index (Phi) is 10.5. The van der Waals surface area contributed by atoms with Gasteiger partial charge in [0.1, 0.15) is 0 Å². The fourth-order valence-corrected chi connectivity index (χ4v) is 3.96. The van der Waals surface area contributed by atoms with Crippen molar-refractivity contribution < 1.29 is 32.6 Å². The summed E-state index contributed by atoms with van der Waals surface area (Å²) in [7, 11) is -10.8. The highest BCUT2D eigenvalue weighted by molar-refractivity contribution is 7.58. The lowest BCUT2D eigenvalue weighted by Crippen LogP contribution is -2.19. The van der Waals surface area contributed by atoms with Crippen molar-refractivity contribution in [1.82, 2.24) is 0 Å². The highest BCUT2D eigenvalue weighted by Crippen LogP contribution is 2.50. The highest BCUT2D eigenvalue weighted by atomic mass is 31.3. The van der Waals surface area contributed by atoms with Crippen molar-refractivity contribution in [2.75, 3.05) is 18.5 Å². The number of rotatable bonds is 12. The summed E-state index contributed by atoms with van der Waals surface area (Å²) in [5, 5.41) is 3.45. The number of allylic oxidation sites excluding steroid dienone is 2. The monoisotopic (exact) mass is 444 g/mol. The van der Waals surface area contributed by atoms with Gasteiger partial charge in [-0.05, 0) is 44.2 Å². The van der Waals surface area contributed by atoms with Gasteiger partial charge in [-0.1, -0.05) is 55.3 Å². The van der Waals surface area contributed by atoms with E-state index in [1.165, 1.54) is 17.2 Å². The van der Waals surface area contributed by atoms with Crippen LogP contribution in [0.4, 0.5) is 5.69 Å². The van der Waals surface area contributed by atoms with Gasteiger partial charge in [0.25, 0.3) is 7.82 Å². The van der Waals surface area contributed by atoms with Crippen LogP contribution in [0.2, 0.25) is 0 Å². The number of benzene rings is 1. The van der Waals surface area contributed by atoms with Gasteiger partial charge < -0.3 is 29.1 Å². The number of hydrogen-bond donors (Lipinski definition) is 1. The lowest BCUT2D eigenvalue weighted by molar-refractivity contribution is -0.339. The normalized spacial score (nSPS) is 15.4. The van der Waals surface area contributed by atoms with Gasteiger partial charge in [0.15, 0.2) is 0 Å². The molecular formula is C19H28NO7P2-3. The molecule has 1 aromatic carbocycles. The Morgan fingerprint density at radius 2 is 1.76 bits per heavy atom. The van der Waals surface area contributed by atoms with Crippen LogP contribution in [-0.2, 0) is 18.0 Å².